The van der Waals surface area contributed by atoms with E-state index in [0.29, 0.717) is 43.1 Å². The Balaban J connectivity index is 1.27. The molecule has 1 aromatic heterocycles. The van der Waals surface area contributed by atoms with Crippen LogP contribution in [-0.2, 0) is 19.5 Å². The third-order valence-electron chi connectivity index (χ3n) is 8.00. The van der Waals surface area contributed by atoms with Gasteiger partial charge in [-0.3, -0.25) is 9.59 Å². The molecule has 0 aliphatic carbocycles. The number of aryl methyl sites for hydroxylation is 1. The zero-order valence-corrected chi connectivity index (χ0v) is 24.2. The first-order chi connectivity index (χ1) is 20.9. The molecule has 6 rings (SSSR count). The van der Waals surface area contributed by atoms with Gasteiger partial charge in [0.15, 0.2) is 0 Å². The van der Waals surface area contributed by atoms with E-state index in [-0.39, 0.29) is 17.6 Å². The van der Waals surface area contributed by atoms with Crippen molar-refractivity contribution in [3.8, 4) is 22.6 Å². The van der Waals surface area contributed by atoms with Crippen molar-refractivity contribution in [2.75, 3.05) is 18.6 Å². The third kappa shape index (κ3) is 5.62. The monoisotopic (exact) mass is 571 g/mol. The Kier molecular flexibility index (Phi) is 7.71. The van der Waals surface area contributed by atoms with Gasteiger partial charge in [-0.2, -0.15) is 0 Å². The van der Waals surface area contributed by atoms with Crippen LogP contribution in [0.2, 0.25) is 0 Å². The summed E-state index contributed by atoms with van der Waals surface area (Å²) in [6, 6.07) is 32.3. The fourth-order valence-electron chi connectivity index (χ4n) is 5.69. The van der Waals surface area contributed by atoms with Crippen LogP contribution in [0.4, 0.5) is 5.69 Å². The van der Waals surface area contributed by atoms with E-state index in [1.807, 2.05) is 83.4 Å². The number of rotatable bonds is 7. The Morgan fingerprint density at radius 3 is 2.42 bits per heavy atom. The SMILES string of the molecule is COc1cc(C(=O)N2Cc3ccc(C(=O)NCCc4ccc(O)cc4)n3Cc3ccccc32)ccc1-c1ccccc1C. The summed E-state index contributed by atoms with van der Waals surface area (Å²) in [6.07, 6.45) is 0.650. The highest BCUT2D eigenvalue weighted by Crippen LogP contribution is 2.35. The Hall–Kier alpha value is -5.30. The number of fused-ring (bicyclic) bond motifs is 2. The molecular formula is C36H33N3O4. The lowest BCUT2D eigenvalue weighted by atomic mass is 9.98. The number of phenolic OH excluding ortho intramolecular Hbond substituents is 1. The number of hydrogen-bond acceptors (Lipinski definition) is 4. The van der Waals surface area contributed by atoms with Crippen molar-refractivity contribution >= 4 is 17.5 Å². The highest BCUT2D eigenvalue weighted by Gasteiger charge is 2.28. The second-order valence-corrected chi connectivity index (χ2v) is 10.7. The van der Waals surface area contributed by atoms with Gasteiger partial charge in [0.05, 0.1) is 20.2 Å². The van der Waals surface area contributed by atoms with Gasteiger partial charge in [-0.15, -0.1) is 0 Å². The number of para-hydroxylation sites is 1. The number of nitrogens with zero attached hydrogens (tertiary/aromatic N) is 2. The molecule has 5 aromatic rings. The van der Waals surface area contributed by atoms with Gasteiger partial charge in [-0.1, -0.05) is 54.6 Å². The number of nitrogens with one attached hydrogen (secondary N) is 1. The van der Waals surface area contributed by atoms with Crippen molar-refractivity contribution in [2.24, 2.45) is 0 Å². The molecule has 0 fully saturated rings. The van der Waals surface area contributed by atoms with Crippen LogP contribution in [0.25, 0.3) is 11.1 Å². The smallest absolute Gasteiger partial charge is 0.267 e. The van der Waals surface area contributed by atoms with Gasteiger partial charge < -0.3 is 24.6 Å². The zero-order valence-electron chi connectivity index (χ0n) is 24.2. The lowest BCUT2D eigenvalue weighted by Crippen LogP contribution is -2.31. The molecule has 0 atom stereocenters. The standard InChI is InChI=1S/C36H33N3O4/c1-24-7-3-5-9-30(24)31-17-13-26(21-34(31)43-2)36(42)39-23-28-14-18-33(38(28)22-27-8-4-6-10-32(27)39)35(41)37-20-19-25-11-15-29(40)16-12-25/h3-18,21,40H,19-20,22-23H2,1-2H3,(H,37,41). The van der Waals surface area contributed by atoms with Crippen LogP contribution >= 0.6 is 0 Å². The Morgan fingerprint density at radius 2 is 1.63 bits per heavy atom. The molecule has 2 N–H and O–H groups in total. The number of hydrogen-bond donors (Lipinski definition) is 2. The minimum absolute atomic E-state index is 0.142. The van der Waals surface area contributed by atoms with E-state index < -0.39 is 0 Å². The predicted octanol–water partition coefficient (Wildman–Crippen LogP) is 6.36. The molecule has 7 heteroatoms. The summed E-state index contributed by atoms with van der Waals surface area (Å²) in [6.45, 7) is 3.31. The Morgan fingerprint density at radius 1 is 0.860 bits per heavy atom. The lowest BCUT2D eigenvalue weighted by molar-refractivity contribution is 0.0944. The quantitative estimate of drug-likeness (QED) is 0.238. The molecule has 0 radical (unpaired) electrons. The van der Waals surface area contributed by atoms with Crippen molar-refractivity contribution in [1.82, 2.24) is 9.88 Å². The third-order valence-corrected chi connectivity index (χ3v) is 8.00. The molecule has 0 bridgehead atoms. The van der Waals surface area contributed by atoms with E-state index in [1.165, 1.54) is 0 Å². The van der Waals surface area contributed by atoms with Crippen molar-refractivity contribution in [3.63, 3.8) is 0 Å². The fraction of sp³-hybridized carbons (Fsp3) is 0.167. The van der Waals surface area contributed by atoms with Crippen LogP contribution < -0.4 is 15.0 Å². The van der Waals surface area contributed by atoms with Crippen LogP contribution in [0.15, 0.2) is 103 Å². The van der Waals surface area contributed by atoms with E-state index in [1.54, 1.807) is 24.1 Å². The number of aromatic hydroxyl groups is 1. The van der Waals surface area contributed by atoms with Crippen molar-refractivity contribution in [1.29, 1.82) is 0 Å². The first-order valence-electron chi connectivity index (χ1n) is 14.3. The minimum atomic E-state index is -0.168. The summed E-state index contributed by atoms with van der Waals surface area (Å²) < 4.78 is 7.74. The molecule has 2 heterocycles. The number of ether oxygens (including phenoxy) is 1. The lowest BCUT2D eigenvalue weighted by Gasteiger charge is -2.23. The number of carbonyl (C=O) groups is 2. The maximum Gasteiger partial charge on any atom is 0.267 e. The largest absolute Gasteiger partial charge is 0.508 e. The summed E-state index contributed by atoms with van der Waals surface area (Å²) in [4.78, 5) is 29.2. The summed E-state index contributed by atoms with van der Waals surface area (Å²) in [7, 11) is 1.62. The zero-order chi connectivity index (χ0) is 29.9. The first kappa shape index (κ1) is 27.8. The van der Waals surface area contributed by atoms with E-state index in [9.17, 15) is 14.7 Å². The molecule has 1 aliphatic rings. The molecule has 216 valence electrons. The average Bonchev–Trinajstić information content (AvgIpc) is 3.34. The predicted molar refractivity (Wildman–Crippen MR) is 168 cm³/mol. The summed E-state index contributed by atoms with van der Waals surface area (Å²) in [5.74, 6) is 0.545. The van der Waals surface area contributed by atoms with Crippen molar-refractivity contribution in [3.05, 3.63) is 137 Å². The fourth-order valence-corrected chi connectivity index (χ4v) is 5.69. The molecule has 0 spiro atoms. The van der Waals surface area contributed by atoms with Crippen LogP contribution in [0.1, 0.15) is 43.2 Å². The normalized spacial score (nSPS) is 12.2. The van der Waals surface area contributed by atoms with Gasteiger partial charge in [0.2, 0.25) is 0 Å². The number of benzene rings is 4. The Bertz CT molecular complexity index is 1810. The van der Waals surface area contributed by atoms with E-state index in [0.717, 1.165) is 39.2 Å². The maximum atomic E-state index is 14.1. The topological polar surface area (TPSA) is 83.8 Å². The van der Waals surface area contributed by atoms with Gasteiger partial charge in [0.25, 0.3) is 11.8 Å². The highest BCUT2D eigenvalue weighted by atomic mass is 16.5. The van der Waals surface area contributed by atoms with Crippen LogP contribution in [-0.4, -0.2) is 35.1 Å². The summed E-state index contributed by atoms with van der Waals surface area (Å²) in [5, 5.41) is 12.5. The first-order valence-corrected chi connectivity index (χ1v) is 14.3. The van der Waals surface area contributed by atoms with Crippen LogP contribution in [0.3, 0.4) is 0 Å². The molecule has 0 saturated carbocycles. The van der Waals surface area contributed by atoms with Gasteiger partial charge in [0, 0.05) is 29.1 Å². The molecule has 1 aliphatic heterocycles. The number of amides is 2. The highest BCUT2D eigenvalue weighted by molar-refractivity contribution is 6.07. The molecule has 0 saturated heterocycles. The van der Waals surface area contributed by atoms with Gasteiger partial charge in [0.1, 0.15) is 17.2 Å². The van der Waals surface area contributed by atoms with Gasteiger partial charge in [-0.05, 0) is 84.1 Å². The van der Waals surface area contributed by atoms with Gasteiger partial charge in [-0.25, -0.2) is 0 Å². The molecule has 7 nitrogen and oxygen atoms in total. The number of phenols is 1. The molecule has 0 unspecified atom stereocenters. The maximum absolute atomic E-state index is 14.1. The minimum Gasteiger partial charge on any atom is -0.508 e. The van der Waals surface area contributed by atoms with Crippen LogP contribution in [0, 0.1) is 6.92 Å². The number of methoxy groups -OCH3 is 1. The second kappa shape index (κ2) is 11.9. The van der Waals surface area contributed by atoms with Gasteiger partial charge >= 0.3 is 0 Å². The second-order valence-electron chi connectivity index (χ2n) is 10.7. The molecule has 43 heavy (non-hydrogen) atoms. The van der Waals surface area contributed by atoms with E-state index >= 15 is 0 Å². The Labute approximate surface area is 251 Å². The van der Waals surface area contributed by atoms with Crippen LogP contribution in [0.5, 0.6) is 11.5 Å². The average molecular weight is 572 g/mol. The summed E-state index contributed by atoms with van der Waals surface area (Å²) in [5.41, 5.74) is 7.86. The van der Waals surface area contributed by atoms with Crippen molar-refractivity contribution in [2.45, 2.75) is 26.4 Å². The number of aromatic nitrogens is 1. The van der Waals surface area contributed by atoms with E-state index in [2.05, 4.69) is 24.4 Å². The van der Waals surface area contributed by atoms with E-state index in [4.69, 9.17) is 4.74 Å². The van der Waals surface area contributed by atoms with Crippen molar-refractivity contribution < 1.29 is 19.4 Å². The summed E-state index contributed by atoms with van der Waals surface area (Å²) >= 11 is 0. The molecule has 4 aromatic carbocycles. The number of carbonyl (C=O) groups excluding carboxylic acids is 2. The molecular weight excluding hydrogens is 538 g/mol. The number of anilines is 1. The molecule has 2 amide bonds.